The molecule has 4 heteroatoms. The Morgan fingerprint density at radius 1 is 1.41 bits per heavy atom. The lowest BCUT2D eigenvalue weighted by molar-refractivity contribution is -0.119. The molecule has 4 nitrogen and oxygen atoms in total. The van der Waals surface area contributed by atoms with Crippen molar-refractivity contribution in [2.24, 2.45) is 11.7 Å². The summed E-state index contributed by atoms with van der Waals surface area (Å²) in [5.41, 5.74) is 6.26. The van der Waals surface area contributed by atoms with E-state index in [1.807, 2.05) is 38.1 Å². The van der Waals surface area contributed by atoms with Crippen molar-refractivity contribution in [1.29, 1.82) is 0 Å². The minimum atomic E-state index is -0.339. The van der Waals surface area contributed by atoms with Gasteiger partial charge in [-0.15, -0.1) is 0 Å². The highest BCUT2D eigenvalue weighted by Crippen LogP contribution is 2.18. The van der Waals surface area contributed by atoms with Crippen molar-refractivity contribution < 1.29 is 9.53 Å². The van der Waals surface area contributed by atoms with Gasteiger partial charge in [0, 0.05) is 5.69 Å². The molecular weight excluding hydrogens is 216 g/mol. The Bertz CT molecular complexity index is 362. The molecule has 0 saturated heterocycles. The SMILES string of the molecule is CC[C@H](C)[C@H](Nc1ccc(OC)cc1)C(N)=O. The average Bonchev–Trinajstić information content (AvgIpc) is 2.35. The molecule has 0 unspecified atom stereocenters. The number of anilines is 1. The van der Waals surface area contributed by atoms with Gasteiger partial charge in [-0.3, -0.25) is 4.79 Å². The second-order valence-electron chi connectivity index (χ2n) is 4.14. The summed E-state index contributed by atoms with van der Waals surface area (Å²) in [5.74, 6) is 0.666. The standard InChI is InChI=1S/C13H20N2O2/c1-4-9(2)12(13(14)16)15-10-5-7-11(17-3)8-6-10/h5-9,12,15H,4H2,1-3H3,(H2,14,16)/t9-,12-/m0/s1. The zero-order chi connectivity index (χ0) is 12.8. The van der Waals surface area contributed by atoms with E-state index in [-0.39, 0.29) is 17.9 Å². The number of hydrogen-bond acceptors (Lipinski definition) is 3. The van der Waals surface area contributed by atoms with E-state index < -0.39 is 0 Å². The summed E-state index contributed by atoms with van der Waals surface area (Å²) in [6.45, 7) is 4.04. The van der Waals surface area contributed by atoms with Crippen LogP contribution < -0.4 is 15.8 Å². The van der Waals surface area contributed by atoms with Gasteiger partial charge in [-0.1, -0.05) is 20.3 Å². The molecule has 0 bridgehead atoms. The third-order valence-electron chi connectivity index (χ3n) is 2.93. The number of primary amides is 1. The molecule has 1 rings (SSSR count). The van der Waals surface area contributed by atoms with E-state index in [4.69, 9.17) is 10.5 Å². The van der Waals surface area contributed by atoms with E-state index in [0.717, 1.165) is 17.9 Å². The lowest BCUT2D eigenvalue weighted by atomic mass is 9.98. The predicted octanol–water partition coefficient (Wildman–Crippen LogP) is 2.01. The van der Waals surface area contributed by atoms with Crippen molar-refractivity contribution in [2.75, 3.05) is 12.4 Å². The number of ether oxygens (including phenoxy) is 1. The van der Waals surface area contributed by atoms with Gasteiger partial charge in [0.2, 0.25) is 5.91 Å². The van der Waals surface area contributed by atoms with E-state index in [0.29, 0.717) is 0 Å². The topological polar surface area (TPSA) is 64.3 Å². The van der Waals surface area contributed by atoms with E-state index in [1.165, 1.54) is 0 Å². The van der Waals surface area contributed by atoms with Gasteiger partial charge in [0.25, 0.3) is 0 Å². The maximum absolute atomic E-state index is 11.4. The molecule has 0 aromatic heterocycles. The van der Waals surface area contributed by atoms with Crippen LogP contribution in [0.1, 0.15) is 20.3 Å². The second-order valence-corrected chi connectivity index (χ2v) is 4.14. The van der Waals surface area contributed by atoms with Gasteiger partial charge in [0.1, 0.15) is 11.8 Å². The molecule has 0 aliphatic carbocycles. The van der Waals surface area contributed by atoms with Crippen molar-refractivity contribution in [2.45, 2.75) is 26.3 Å². The summed E-state index contributed by atoms with van der Waals surface area (Å²) in [7, 11) is 1.62. The fraction of sp³-hybridized carbons (Fsp3) is 0.462. The van der Waals surface area contributed by atoms with Crippen LogP contribution in [0.25, 0.3) is 0 Å². The molecule has 0 aliphatic rings. The zero-order valence-electron chi connectivity index (χ0n) is 10.6. The summed E-state index contributed by atoms with van der Waals surface area (Å²) >= 11 is 0. The van der Waals surface area contributed by atoms with E-state index >= 15 is 0 Å². The van der Waals surface area contributed by atoms with Gasteiger partial charge in [0.15, 0.2) is 0 Å². The Hall–Kier alpha value is -1.71. The highest BCUT2D eigenvalue weighted by atomic mass is 16.5. The highest BCUT2D eigenvalue weighted by Gasteiger charge is 2.21. The lowest BCUT2D eigenvalue weighted by Crippen LogP contribution is -2.40. The quantitative estimate of drug-likeness (QED) is 0.794. The monoisotopic (exact) mass is 236 g/mol. The summed E-state index contributed by atoms with van der Waals surface area (Å²) in [6, 6.07) is 7.09. The number of methoxy groups -OCH3 is 1. The molecule has 0 saturated carbocycles. The van der Waals surface area contributed by atoms with Crippen LogP contribution in [0, 0.1) is 5.92 Å². The molecule has 0 spiro atoms. The summed E-state index contributed by atoms with van der Waals surface area (Å²) in [5, 5.41) is 3.15. The molecule has 17 heavy (non-hydrogen) atoms. The highest BCUT2D eigenvalue weighted by molar-refractivity contribution is 5.83. The van der Waals surface area contributed by atoms with Gasteiger partial charge in [0.05, 0.1) is 7.11 Å². The third kappa shape index (κ3) is 3.66. The lowest BCUT2D eigenvalue weighted by Gasteiger charge is -2.22. The molecule has 94 valence electrons. The number of nitrogens with one attached hydrogen (secondary N) is 1. The summed E-state index contributed by atoms with van der Waals surface area (Å²) in [6.07, 6.45) is 0.900. The van der Waals surface area contributed by atoms with Crippen LogP contribution in [-0.4, -0.2) is 19.1 Å². The molecule has 1 amide bonds. The summed E-state index contributed by atoms with van der Waals surface area (Å²) in [4.78, 5) is 11.4. The van der Waals surface area contributed by atoms with Crippen molar-refractivity contribution in [3.63, 3.8) is 0 Å². The third-order valence-corrected chi connectivity index (χ3v) is 2.93. The van der Waals surface area contributed by atoms with Crippen LogP contribution in [0.3, 0.4) is 0 Å². The summed E-state index contributed by atoms with van der Waals surface area (Å²) < 4.78 is 5.07. The number of carbonyl (C=O) groups excluding carboxylic acids is 1. The smallest absolute Gasteiger partial charge is 0.240 e. The molecule has 0 fully saturated rings. The molecule has 1 aromatic rings. The van der Waals surface area contributed by atoms with Gasteiger partial charge in [-0.05, 0) is 30.2 Å². The van der Waals surface area contributed by atoms with Crippen LogP contribution in [0.5, 0.6) is 5.75 Å². The average molecular weight is 236 g/mol. The normalized spacial score (nSPS) is 13.8. The van der Waals surface area contributed by atoms with Gasteiger partial charge in [-0.25, -0.2) is 0 Å². The first kappa shape index (κ1) is 13.4. The molecule has 3 N–H and O–H groups in total. The molecular formula is C13H20N2O2. The molecule has 1 aromatic carbocycles. The Kier molecular flexibility index (Phi) is 4.82. The largest absolute Gasteiger partial charge is 0.497 e. The van der Waals surface area contributed by atoms with E-state index in [9.17, 15) is 4.79 Å². The van der Waals surface area contributed by atoms with Crippen molar-refractivity contribution in [3.8, 4) is 5.75 Å². The fourth-order valence-electron chi connectivity index (χ4n) is 1.60. The number of amides is 1. The Labute approximate surface area is 102 Å². The zero-order valence-corrected chi connectivity index (χ0v) is 10.6. The maximum atomic E-state index is 11.4. The number of nitrogens with two attached hydrogens (primary N) is 1. The molecule has 0 heterocycles. The second kappa shape index (κ2) is 6.13. The minimum absolute atomic E-state index is 0.203. The van der Waals surface area contributed by atoms with Crippen LogP contribution in [0.15, 0.2) is 24.3 Å². The minimum Gasteiger partial charge on any atom is -0.497 e. The fourth-order valence-corrected chi connectivity index (χ4v) is 1.60. The van der Waals surface area contributed by atoms with Crippen LogP contribution >= 0.6 is 0 Å². The Morgan fingerprint density at radius 3 is 2.41 bits per heavy atom. The molecule has 0 aliphatic heterocycles. The van der Waals surface area contributed by atoms with Crippen molar-refractivity contribution in [3.05, 3.63) is 24.3 Å². The Morgan fingerprint density at radius 2 is 2.00 bits per heavy atom. The predicted molar refractivity (Wildman–Crippen MR) is 69.1 cm³/mol. The molecule has 0 radical (unpaired) electrons. The number of hydrogen-bond donors (Lipinski definition) is 2. The van der Waals surface area contributed by atoms with E-state index in [1.54, 1.807) is 7.11 Å². The first-order chi connectivity index (χ1) is 8.08. The Balaban J connectivity index is 2.75. The molecule has 2 atom stereocenters. The van der Waals surface area contributed by atoms with Gasteiger partial charge >= 0.3 is 0 Å². The van der Waals surface area contributed by atoms with Crippen LogP contribution in [0.2, 0.25) is 0 Å². The van der Waals surface area contributed by atoms with Crippen LogP contribution in [0.4, 0.5) is 5.69 Å². The van der Waals surface area contributed by atoms with E-state index in [2.05, 4.69) is 5.32 Å². The van der Waals surface area contributed by atoms with Gasteiger partial charge in [-0.2, -0.15) is 0 Å². The maximum Gasteiger partial charge on any atom is 0.240 e. The first-order valence-electron chi connectivity index (χ1n) is 5.78. The van der Waals surface area contributed by atoms with Crippen molar-refractivity contribution >= 4 is 11.6 Å². The number of carbonyl (C=O) groups is 1. The van der Waals surface area contributed by atoms with Crippen molar-refractivity contribution in [1.82, 2.24) is 0 Å². The van der Waals surface area contributed by atoms with Gasteiger partial charge < -0.3 is 15.8 Å². The van der Waals surface area contributed by atoms with Crippen LogP contribution in [-0.2, 0) is 4.79 Å². The first-order valence-corrected chi connectivity index (χ1v) is 5.78. The number of rotatable bonds is 6. The number of benzene rings is 1.